The molecule has 0 fully saturated rings. The molecule has 0 radical (unpaired) electrons. The molecule has 3 rings (SSSR count). The van der Waals surface area contributed by atoms with Crippen molar-refractivity contribution < 1.29 is 49.9 Å². The Bertz CT molecular complexity index is 1460. The number of nitrogens with zero attached hydrogens (tertiary/aromatic N) is 2. The van der Waals surface area contributed by atoms with Crippen LogP contribution in [0.4, 0.5) is 28.4 Å². The van der Waals surface area contributed by atoms with Crippen molar-refractivity contribution in [2.24, 2.45) is 0 Å². The number of hydrogen-bond acceptors (Lipinski definition) is 10. The first-order chi connectivity index (χ1) is 18.5. The van der Waals surface area contributed by atoms with Gasteiger partial charge < -0.3 is 24.5 Å². The lowest BCUT2D eigenvalue weighted by Gasteiger charge is -2.30. The minimum Gasteiger partial charge on any atom is -0.444 e. The van der Waals surface area contributed by atoms with Gasteiger partial charge >= 0.3 is 18.4 Å². The number of sulfone groups is 1. The highest BCUT2D eigenvalue weighted by Crippen LogP contribution is 2.40. The summed E-state index contributed by atoms with van der Waals surface area (Å²) in [6.07, 6.45) is -7.49. The Hall–Kier alpha value is -3.89. The van der Waals surface area contributed by atoms with E-state index in [2.05, 4.69) is 20.8 Å². The summed E-state index contributed by atoms with van der Waals surface area (Å²) in [5.74, 6) is -3.16. The summed E-state index contributed by atoms with van der Waals surface area (Å²) < 4.78 is 83.5. The number of fused-ring (bicyclic) bond motifs is 1. The molecule has 3 amide bonds. The Morgan fingerprint density at radius 2 is 1.59 bits per heavy atom. The van der Waals surface area contributed by atoms with Crippen LogP contribution in [0, 0.1) is 0 Å². The number of alkyl carbamates (subject to hydrolysis) is 2. The van der Waals surface area contributed by atoms with Crippen LogP contribution in [-0.2, 0) is 29.6 Å². The summed E-state index contributed by atoms with van der Waals surface area (Å²) in [5, 5.41) is 13.4. The van der Waals surface area contributed by atoms with Crippen molar-refractivity contribution in [2.45, 2.75) is 82.3 Å². The van der Waals surface area contributed by atoms with Gasteiger partial charge in [0.15, 0.2) is 9.84 Å². The first-order valence-electron chi connectivity index (χ1n) is 12.1. The molecule has 226 valence electrons. The van der Waals surface area contributed by atoms with E-state index in [1.165, 1.54) is 26.8 Å². The average Bonchev–Trinajstić information content (AvgIpc) is 3.22. The van der Waals surface area contributed by atoms with E-state index in [4.69, 9.17) is 13.9 Å². The van der Waals surface area contributed by atoms with Gasteiger partial charge in [-0.15, -0.1) is 10.2 Å². The van der Waals surface area contributed by atoms with Gasteiger partial charge in [-0.05, 0) is 66.7 Å². The number of benzene rings is 1. The van der Waals surface area contributed by atoms with E-state index < -0.39 is 74.4 Å². The van der Waals surface area contributed by atoms with E-state index in [-0.39, 0.29) is 16.1 Å². The fraction of sp³-hybridized carbons (Fsp3) is 0.542. The van der Waals surface area contributed by atoms with Gasteiger partial charge in [0.25, 0.3) is 5.89 Å². The van der Waals surface area contributed by atoms with Crippen molar-refractivity contribution >= 4 is 33.6 Å². The zero-order valence-corrected chi connectivity index (χ0v) is 24.0. The van der Waals surface area contributed by atoms with Crippen LogP contribution in [-0.4, -0.2) is 65.9 Å². The lowest BCUT2D eigenvalue weighted by Crippen LogP contribution is -2.55. The summed E-state index contributed by atoms with van der Waals surface area (Å²) in [6.45, 7) is 9.77. The molecule has 0 saturated heterocycles. The topological polar surface area (TPSA) is 179 Å². The normalized spacial score (nSPS) is 18.7. The highest BCUT2D eigenvalue weighted by molar-refractivity contribution is 7.91. The maximum absolute atomic E-state index is 14.1. The molecular weight excluding hydrogens is 575 g/mol. The van der Waals surface area contributed by atoms with Crippen molar-refractivity contribution in [1.29, 1.82) is 0 Å². The third kappa shape index (κ3) is 7.45. The fourth-order valence-electron chi connectivity index (χ4n) is 3.49. The van der Waals surface area contributed by atoms with Crippen molar-refractivity contribution in [3.63, 3.8) is 0 Å². The number of rotatable bonds is 4. The molecule has 0 saturated carbocycles. The summed E-state index contributed by atoms with van der Waals surface area (Å²) in [4.78, 5) is 36.8. The molecular formula is C24H30F3N5O8S. The molecule has 2 atom stereocenters. The Labute approximate surface area is 233 Å². The molecule has 1 aromatic carbocycles. The molecule has 41 heavy (non-hydrogen) atoms. The SMILES string of the molecule is CC(C)(C)OC(=O)N[C@H]1CS(=O)(=O)c2ccc(-c3nnc(C(C)(NC(=O)OC(C)(C)C)C(F)(F)F)o3)cc2NC1=O. The monoisotopic (exact) mass is 605 g/mol. The number of anilines is 1. The second-order valence-corrected chi connectivity index (χ2v) is 13.3. The highest BCUT2D eigenvalue weighted by Gasteiger charge is 2.58. The zero-order chi connectivity index (χ0) is 31.2. The second kappa shape index (κ2) is 10.5. The molecule has 2 heterocycles. The van der Waals surface area contributed by atoms with E-state index in [1.807, 2.05) is 0 Å². The van der Waals surface area contributed by atoms with E-state index in [9.17, 15) is 36.0 Å². The average molecular weight is 606 g/mol. The molecule has 0 bridgehead atoms. The number of ether oxygens (including phenoxy) is 2. The second-order valence-electron chi connectivity index (χ2n) is 11.3. The van der Waals surface area contributed by atoms with E-state index in [0.717, 1.165) is 12.1 Å². The number of carbonyl (C=O) groups excluding carboxylic acids is 3. The van der Waals surface area contributed by atoms with Crippen LogP contribution in [0.25, 0.3) is 11.5 Å². The van der Waals surface area contributed by atoms with Crippen LogP contribution in [0.3, 0.4) is 0 Å². The zero-order valence-electron chi connectivity index (χ0n) is 23.2. The van der Waals surface area contributed by atoms with Crippen molar-refractivity contribution in [3.8, 4) is 11.5 Å². The van der Waals surface area contributed by atoms with Gasteiger partial charge in [-0.1, -0.05) is 0 Å². The predicted molar refractivity (Wildman–Crippen MR) is 136 cm³/mol. The van der Waals surface area contributed by atoms with Crippen LogP contribution in [0.2, 0.25) is 0 Å². The predicted octanol–water partition coefficient (Wildman–Crippen LogP) is 3.66. The van der Waals surface area contributed by atoms with Crippen LogP contribution in [0.5, 0.6) is 0 Å². The van der Waals surface area contributed by atoms with Crippen LogP contribution >= 0.6 is 0 Å². The lowest BCUT2D eigenvalue weighted by molar-refractivity contribution is -0.199. The number of aromatic nitrogens is 2. The summed E-state index contributed by atoms with van der Waals surface area (Å²) in [7, 11) is -4.15. The molecule has 0 aliphatic carbocycles. The van der Waals surface area contributed by atoms with E-state index >= 15 is 0 Å². The number of nitrogens with one attached hydrogen (secondary N) is 3. The largest absolute Gasteiger partial charge is 0.444 e. The van der Waals surface area contributed by atoms with Crippen LogP contribution in [0.15, 0.2) is 27.5 Å². The first kappa shape index (κ1) is 31.6. The Morgan fingerprint density at radius 3 is 2.15 bits per heavy atom. The summed E-state index contributed by atoms with van der Waals surface area (Å²) in [5.41, 5.74) is -5.42. The molecule has 1 aromatic heterocycles. The van der Waals surface area contributed by atoms with Crippen molar-refractivity contribution in [1.82, 2.24) is 20.8 Å². The minimum atomic E-state index is -5.10. The van der Waals surface area contributed by atoms with E-state index in [0.29, 0.717) is 6.92 Å². The number of alkyl halides is 3. The molecule has 3 N–H and O–H groups in total. The number of hydrogen-bond donors (Lipinski definition) is 3. The van der Waals surface area contributed by atoms with Gasteiger partial charge in [-0.2, -0.15) is 13.2 Å². The third-order valence-corrected chi connectivity index (χ3v) is 7.18. The lowest BCUT2D eigenvalue weighted by atomic mass is 10.0. The molecule has 17 heteroatoms. The van der Waals surface area contributed by atoms with Gasteiger partial charge in [-0.3, -0.25) is 10.1 Å². The Morgan fingerprint density at radius 1 is 1.00 bits per heavy atom. The Kier molecular flexibility index (Phi) is 8.10. The molecule has 0 spiro atoms. The van der Waals surface area contributed by atoms with E-state index in [1.54, 1.807) is 26.1 Å². The smallest absolute Gasteiger partial charge is 0.420 e. The summed E-state index contributed by atoms with van der Waals surface area (Å²) in [6, 6.07) is 1.90. The molecule has 1 aliphatic heterocycles. The van der Waals surface area contributed by atoms with Gasteiger partial charge in [0, 0.05) is 5.56 Å². The van der Waals surface area contributed by atoms with Crippen molar-refractivity contribution in [2.75, 3.05) is 11.1 Å². The Balaban J connectivity index is 1.93. The van der Waals surface area contributed by atoms with Gasteiger partial charge in [0.05, 0.1) is 16.3 Å². The molecule has 2 aromatic rings. The number of amides is 3. The van der Waals surface area contributed by atoms with Gasteiger partial charge in [0.2, 0.25) is 17.3 Å². The van der Waals surface area contributed by atoms with Gasteiger partial charge in [0.1, 0.15) is 17.2 Å². The first-order valence-corrected chi connectivity index (χ1v) is 13.8. The quantitative estimate of drug-likeness (QED) is 0.466. The highest BCUT2D eigenvalue weighted by atomic mass is 32.2. The van der Waals surface area contributed by atoms with Gasteiger partial charge in [-0.25, -0.2) is 18.0 Å². The maximum Gasteiger partial charge on any atom is 0.420 e. The summed E-state index contributed by atoms with van der Waals surface area (Å²) >= 11 is 0. The molecule has 13 nitrogen and oxygen atoms in total. The standard InChI is InChI=1S/C24H30F3N5O8S/c1-21(2,3)39-19(34)29-14-11-41(36,37)15-9-8-12(10-13(15)28-16(14)33)17-31-32-18(38-17)23(7,24(25,26)27)30-20(35)40-22(4,5)6/h8-10,14H,11H2,1-7H3,(H,28,33)(H,29,34)(H,30,35)/t14-,23?/m0/s1. The third-order valence-electron chi connectivity index (χ3n) is 5.38. The van der Waals surface area contributed by atoms with Crippen molar-refractivity contribution in [3.05, 3.63) is 24.1 Å². The van der Waals surface area contributed by atoms with Crippen LogP contribution in [0.1, 0.15) is 54.4 Å². The maximum atomic E-state index is 14.1. The minimum absolute atomic E-state index is 0.0432. The van der Waals surface area contributed by atoms with Crippen LogP contribution < -0.4 is 16.0 Å². The number of carbonyl (C=O) groups is 3. The molecule has 1 unspecified atom stereocenters. The molecule has 1 aliphatic rings. The fourth-order valence-corrected chi connectivity index (χ4v) is 5.06. The number of halogens is 3.